The average molecular weight is 171 g/mol. The van der Waals surface area contributed by atoms with Crippen LogP contribution in [0.5, 0.6) is 0 Å². The van der Waals surface area contributed by atoms with Crippen molar-refractivity contribution < 1.29 is 15.0 Å². The van der Waals surface area contributed by atoms with Gasteiger partial charge in [-0.3, -0.25) is 4.79 Å². The minimum absolute atomic E-state index is 0.0526. The molecule has 3 atom stereocenters. The Morgan fingerprint density at radius 2 is 2.33 bits per heavy atom. The van der Waals surface area contributed by atoms with Crippen LogP contribution in [0.15, 0.2) is 0 Å². The SMILES string of the molecule is C[C@@]1(O)[C@H](O)CN2C(=O)CC[C@H]21. The molecule has 2 rings (SSSR count). The molecule has 2 aliphatic rings. The van der Waals surface area contributed by atoms with E-state index in [2.05, 4.69) is 0 Å². The molecule has 68 valence electrons. The second-order valence-electron chi connectivity index (χ2n) is 3.84. The molecule has 0 aliphatic carbocycles. The summed E-state index contributed by atoms with van der Waals surface area (Å²) in [5.74, 6) is 0.0526. The van der Waals surface area contributed by atoms with Gasteiger partial charge in [-0.1, -0.05) is 0 Å². The van der Waals surface area contributed by atoms with E-state index in [9.17, 15) is 15.0 Å². The number of carbonyl (C=O) groups is 1. The molecule has 1 amide bonds. The van der Waals surface area contributed by atoms with Crippen LogP contribution in [0.4, 0.5) is 0 Å². The van der Waals surface area contributed by atoms with Gasteiger partial charge < -0.3 is 15.1 Å². The standard InChI is InChI=1S/C8H13NO3/c1-8(12)5-2-3-7(11)9(5)4-6(8)10/h5-6,10,12H,2-4H2,1H3/t5-,6+,8-/m0/s1. The first-order chi connectivity index (χ1) is 5.53. The number of nitrogens with zero attached hydrogens (tertiary/aromatic N) is 1. The van der Waals surface area contributed by atoms with Crippen molar-refractivity contribution >= 4 is 5.91 Å². The van der Waals surface area contributed by atoms with Crippen LogP contribution in [0, 0.1) is 0 Å². The van der Waals surface area contributed by atoms with Crippen molar-refractivity contribution in [2.24, 2.45) is 0 Å². The molecule has 2 heterocycles. The fraction of sp³-hybridized carbons (Fsp3) is 0.875. The molecule has 2 saturated heterocycles. The molecular weight excluding hydrogens is 158 g/mol. The quantitative estimate of drug-likeness (QED) is 0.496. The van der Waals surface area contributed by atoms with E-state index in [0.717, 1.165) is 0 Å². The summed E-state index contributed by atoms with van der Waals surface area (Å²) in [5.41, 5.74) is -1.10. The molecule has 0 aromatic rings. The minimum atomic E-state index is -1.10. The Hall–Kier alpha value is -0.610. The fourth-order valence-corrected chi connectivity index (χ4v) is 2.16. The lowest BCUT2D eigenvalue weighted by atomic mass is 9.93. The molecule has 0 aromatic heterocycles. The summed E-state index contributed by atoms with van der Waals surface area (Å²) in [6.07, 6.45) is 0.392. The number of hydrogen-bond donors (Lipinski definition) is 2. The van der Waals surface area contributed by atoms with E-state index in [-0.39, 0.29) is 18.5 Å². The lowest BCUT2D eigenvalue weighted by Gasteiger charge is -2.26. The van der Waals surface area contributed by atoms with Crippen molar-refractivity contribution in [2.45, 2.75) is 37.5 Å². The topological polar surface area (TPSA) is 60.8 Å². The molecule has 0 spiro atoms. The third kappa shape index (κ3) is 0.820. The van der Waals surface area contributed by atoms with E-state index in [0.29, 0.717) is 12.8 Å². The monoisotopic (exact) mass is 171 g/mol. The molecule has 0 radical (unpaired) electrons. The predicted octanol–water partition coefficient (Wildman–Crippen LogP) is -0.897. The van der Waals surface area contributed by atoms with E-state index in [1.807, 2.05) is 0 Å². The minimum Gasteiger partial charge on any atom is -0.388 e. The maximum Gasteiger partial charge on any atom is 0.223 e. The van der Waals surface area contributed by atoms with Crippen LogP contribution in [-0.4, -0.2) is 45.3 Å². The Balaban J connectivity index is 2.27. The Bertz CT molecular complexity index is 226. The maximum atomic E-state index is 11.2. The van der Waals surface area contributed by atoms with Crippen molar-refractivity contribution in [2.75, 3.05) is 6.54 Å². The largest absolute Gasteiger partial charge is 0.388 e. The molecule has 12 heavy (non-hydrogen) atoms. The first-order valence-electron chi connectivity index (χ1n) is 4.23. The zero-order valence-corrected chi connectivity index (χ0v) is 7.03. The number of aliphatic hydroxyl groups is 2. The van der Waals surface area contributed by atoms with Crippen molar-refractivity contribution in [3.05, 3.63) is 0 Å². The molecule has 0 saturated carbocycles. The van der Waals surface area contributed by atoms with E-state index >= 15 is 0 Å². The number of amides is 1. The number of hydrogen-bond acceptors (Lipinski definition) is 3. The number of aliphatic hydroxyl groups excluding tert-OH is 1. The van der Waals surface area contributed by atoms with Gasteiger partial charge in [0.25, 0.3) is 0 Å². The number of carbonyl (C=O) groups excluding carboxylic acids is 1. The van der Waals surface area contributed by atoms with Crippen molar-refractivity contribution in [3.8, 4) is 0 Å². The molecule has 2 N–H and O–H groups in total. The van der Waals surface area contributed by atoms with Crippen LogP contribution in [0.25, 0.3) is 0 Å². The summed E-state index contributed by atoms with van der Waals surface area (Å²) < 4.78 is 0. The first kappa shape index (κ1) is 8.01. The molecule has 0 unspecified atom stereocenters. The average Bonchev–Trinajstić information content (AvgIpc) is 2.41. The zero-order valence-electron chi connectivity index (χ0n) is 7.03. The second kappa shape index (κ2) is 2.20. The van der Waals surface area contributed by atoms with Gasteiger partial charge in [-0.25, -0.2) is 0 Å². The summed E-state index contributed by atoms with van der Waals surface area (Å²) in [6.45, 7) is 1.89. The summed E-state index contributed by atoms with van der Waals surface area (Å²) in [5, 5.41) is 19.2. The normalized spacial score (nSPS) is 46.9. The van der Waals surface area contributed by atoms with Crippen LogP contribution in [0.3, 0.4) is 0 Å². The van der Waals surface area contributed by atoms with Gasteiger partial charge >= 0.3 is 0 Å². The van der Waals surface area contributed by atoms with E-state index in [4.69, 9.17) is 0 Å². The van der Waals surface area contributed by atoms with Crippen LogP contribution in [-0.2, 0) is 4.79 Å². The Labute approximate surface area is 70.8 Å². The number of fused-ring (bicyclic) bond motifs is 1. The zero-order chi connectivity index (χ0) is 8.93. The van der Waals surface area contributed by atoms with Gasteiger partial charge in [0.1, 0.15) is 11.7 Å². The van der Waals surface area contributed by atoms with Crippen LogP contribution in [0.2, 0.25) is 0 Å². The Morgan fingerprint density at radius 3 is 2.92 bits per heavy atom. The fourth-order valence-electron chi connectivity index (χ4n) is 2.16. The Kier molecular flexibility index (Phi) is 1.47. The van der Waals surface area contributed by atoms with Crippen LogP contribution >= 0.6 is 0 Å². The molecule has 0 aromatic carbocycles. The van der Waals surface area contributed by atoms with Gasteiger partial charge in [0.2, 0.25) is 5.91 Å². The van der Waals surface area contributed by atoms with E-state index in [1.54, 1.807) is 11.8 Å². The van der Waals surface area contributed by atoms with Crippen molar-refractivity contribution in [3.63, 3.8) is 0 Å². The van der Waals surface area contributed by atoms with Crippen LogP contribution in [0.1, 0.15) is 19.8 Å². The first-order valence-corrected chi connectivity index (χ1v) is 4.23. The molecule has 2 fully saturated rings. The summed E-state index contributed by atoms with van der Waals surface area (Å²) in [4.78, 5) is 12.8. The van der Waals surface area contributed by atoms with Gasteiger partial charge in [-0.05, 0) is 13.3 Å². The predicted molar refractivity (Wildman–Crippen MR) is 41.4 cm³/mol. The molecule has 4 heteroatoms. The van der Waals surface area contributed by atoms with Crippen molar-refractivity contribution in [1.29, 1.82) is 0 Å². The van der Waals surface area contributed by atoms with Gasteiger partial charge in [-0.2, -0.15) is 0 Å². The van der Waals surface area contributed by atoms with Crippen molar-refractivity contribution in [1.82, 2.24) is 4.90 Å². The highest BCUT2D eigenvalue weighted by molar-refractivity contribution is 5.79. The Morgan fingerprint density at radius 1 is 1.67 bits per heavy atom. The lowest BCUT2D eigenvalue weighted by Crippen LogP contribution is -2.44. The van der Waals surface area contributed by atoms with Gasteiger partial charge in [0.15, 0.2) is 0 Å². The smallest absolute Gasteiger partial charge is 0.223 e. The van der Waals surface area contributed by atoms with Crippen LogP contribution < -0.4 is 0 Å². The highest BCUT2D eigenvalue weighted by Gasteiger charge is 2.53. The van der Waals surface area contributed by atoms with E-state index in [1.165, 1.54) is 0 Å². The lowest BCUT2D eigenvalue weighted by molar-refractivity contribution is -0.128. The second-order valence-corrected chi connectivity index (χ2v) is 3.84. The highest BCUT2D eigenvalue weighted by Crippen LogP contribution is 2.36. The summed E-state index contributed by atoms with van der Waals surface area (Å²) in [7, 11) is 0. The maximum absolute atomic E-state index is 11.2. The molecule has 0 bridgehead atoms. The van der Waals surface area contributed by atoms with Gasteiger partial charge in [-0.15, -0.1) is 0 Å². The third-order valence-electron chi connectivity index (χ3n) is 3.05. The highest BCUT2D eigenvalue weighted by atomic mass is 16.3. The third-order valence-corrected chi connectivity index (χ3v) is 3.05. The molecule has 4 nitrogen and oxygen atoms in total. The molecular formula is C8H13NO3. The number of rotatable bonds is 0. The summed E-state index contributed by atoms with van der Waals surface area (Å²) >= 11 is 0. The molecule has 2 aliphatic heterocycles. The van der Waals surface area contributed by atoms with E-state index < -0.39 is 11.7 Å². The van der Waals surface area contributed by atoms with Gasteiger partial charge in [0, 0.05) is 13.0 Å². The van der Waals surface area contributed by atoms with Gasteiger partial charge in [0.05, 0.1) is 6.04 Å². The summed E-state index contributed by atoms with van der Waals surface area (Å²) in [6, 6.07) is -0.167.